The van der Waals surface area contributed by atoms with E-state index in [-0.39, 0.29) is 12.5 Å². The van der Waals surface area contributed by atoms with Gasteiger partial charge in [-0.25, -0.2) is 0 Å². The molecule has 4 nitrogen and oxygen atoms in total. The summed E-state index contributed by atoms with van der Waals surface area (Å²) in [7, 11) is 3.62. The first-order chi connectivity index (χ1) is 8.26. The van der Waals surface area contributed by atoms with E-state index in [1.54, 1.807) is 4.90 Å². The highest BCUT2D eigenvalue weighted by Crippen LogP contribution is 2.39. The van der Waals surface area contributed by atoms with Crippen LogP contribution in [-0.4, -0.2) is 59.1 Å². The van der Waals surface area contributed by atoms with Gasteiger partial charge in [0.15, 0.2) is 5.17 Å². The second kappa shape index (κ2) is 4.90. The molecule has 0 radical (unpaired) electrons. The number of ether oxygens (including phenoxy) is 1. The molecule has 2 heterocycles. The van der Waals surface area contributed by atoms with Crippen molar-refractivity contribution in [2.45, 2.75) is 42.7 Å². The van der Waals surface area contributed by atoms with Crippen molar-refractivity contribution in [2.24, 2.45) is 4.99 Å². The molecule has 2 aliphatic heterocycles. The Balaban J connectivity index is 2.00. The quantitative estimate of drug-likeness (QED) is 0.791. The van der Waals surface area contributed by atoms with Crippen molar-refractivity contribution in [3.05, 3.63) is 0 Å². The molecule has 4 atom stereocenters. The van der Waals surface area contributed by atoms with Crippen LogP contribution in [0.4, 0.5) is 13.2 Å². The first kappa shape index (κ1) is 14.0. The van der Waals surface area contributed by atoms with E-state index in [2.05, 4.69) is 4.99 Å². The van der Waals surface area contributed by atoms with Crippen LogP contribution in [0.1, 0.15) is 12.8 Å². The molecule has 0 spiro atoms. The second-order valence-electron chi connectivity index (χ2n) is 4.66. The minimum Gasteiger partial charge on any atom is -0.390 e. The fraction of sp³-hybridized carbons (Fsp3) is 0.900. The summed E-state index contributed by atoms with van der Waals surface area (Å²) in [4.78, 5) is 6.12. The number of rotatable bonds is 1. The van der Waals surface area contributed by atoms with Gasteiger partial charge in [0, 0.05) is 20.5 Å². The maximum Gasteiger partial charge on any atom is 0.391 e. The van der Waals surface area contributed by atoms with Crippen molar-refractivity contribution >= 4 is 16.9 Å². The van der Waals surface area contributed by atoms with Gasteiger partial charge < -0.3 is 14.7 Å². The zero-order valence-electron chi connectivity index (χ0n) is 10.0. The van der Waals surface area contributed by atoms with E-state index < -0.39 is 30.2 Å². The SMILES string of the molecule is CN(C)C1=N[C@@H]2C[C@H](O)[C@@H](CC(F)(F)F)O[C@@H]2S1. The Morgan fingerprint density at radius 1 is 1.50 bits per heavy atom. The number of halogens is 3. The first-order valence-corrected chi connectivity index (χ1v) is 6.46. The van der Waals surface area contributed by atoms with Gasteiger partial charge in [0.2, 0.25) is 0 Å². The van der Waals surface area contributed by atoms with Gasteiger partial charge in [0.1, 0.15) is 5.44 Å². The Hall–Kier alpha value is -0.470. The monoisotopic (exact) mass is 284 g/mol. The van der Waals surface area contributed by atoms with Crippen molar-refractivity contribution in [3.8, 4) is 0 Å². The molecule has 104 valence electrons. The highest BCUT2D eigenvalue weighted by atomic mass is 32.2. The minimum atomic E-state index is -4.33. The van der Waals surface area contributed by atoms with Gasteiger partial charge in [-0.3, -0.25) is 4.99 Å². The molecule has 1 saturated heterocycles. The molecular weight excluding hydrogens is 269 g/mol. The number of aliphatic imine (C=N–C) groups is 1. The van der Waals surface area contributed by atoms with Gasteiger partial charge in [-0.15, -0.1) is 0 Å². The molecule has 0 amide bonds. The van der Waals surface area contributed by atoms with Crippen molar-refractivity contribution in [1.29, 1.82) is 0 Å². The summed E-state index contributed by atoms with van der Waals surface area (Å²) in [6.07, 6.45) is -7.52. The van der Waals surface area contributed by atoms with Crippen molar-refractivity contribution in [3.63, 3.8) is 0 Å². The van der Waals surface area contributed by atoms with Crippen LogP contribution < -0.4 is 0 Å². The van der Waals surface area contributed by atoms with Crippen LogP contribution in [0.3, 0.4) is 0 Å². The van der Waals surface area contributed by atoms with E-state index in [1.807, 2.05) is 14.1 Å². The molecule has 0 saturated carbocycles. The average Bonchev–Trinajstić information content (AvgIpc) is 2.59. The van der Waals surface area contributed by atoms with Crippen LogP contribution >= 0.6 is 11.8 Å². The Labute approximate surface area is 107 Å². The minimum absolute atomic E-state index is 0.218. The molecule has 2 aliphatic rings. The topological polar surface area (TPSA) is 45.1 Å². The third-order valence-electron chi connectivity index (χ3n) is 2.85. The lowest BCUT2D eigenvalue weighted by atomic mass is 9.99. The van der Waals surface area contributed by atoms with Crippen LogP contribution in [0.2, 0.25) is 0 Å². The maximum absolute atomic E-state index is 12.3. The van der Waals surface area contributed by atoms with Gasteiger partial charge in [0.05, 0.1) is 24.7 Å². The third kappa shape index (κ3) is 3.10. The summed E-state index contributed by atoms with van der Waals surface area (Å²) in [5, 5.41) is 10.4. The van der Waals surface area contributed by atoms with Crippen molar-refractivity contribution in [2.75, 3.05) is 14.1 Å². The van der Waals surface area contributed by atoms with Gasteiger partial charge in [-0.05, 0) is 0 Å². The van der Waals surface area contributed by atoms with Crippen molar-refractivity contribution in [1.82, 2.24) is 4.90 Å². The Kier molecular flexibility index (Phi) is 3.80. The lowest BCUT2D eigenvalue weighted by Crippen LogP contribution is -2.45. The highest BCUT2D eigenvalue weighted by molar-refractivity contribution is 8.14. The van der Waals surface area contributed by atoms with E-state index in [1.165, 1.54) is 11.8 Å². The zero-order chi connectivity index (χ0) is 13.5. The summed E-state index contributed by atoms with van der Waals surface area (Å²) >= 11 is 1.31. The normalized spacial score (nSPS) is 36.2. The number of fused-ring (bicyclic) bond motifs is 1. The standard InChI is InChI=1S/C10H15F3N2O2S/c1-15(2)9-14-5-3-6(16)7(4-10(11,12)13)17-8(5)18-9/h5-8,16H,3-4H2,1-2H3/t5-,6+,7-,8-/m1/s1. The molecule has 8 heteroatoms. The van der Waals surface area contributed by atoms with E-state index >= 15 is 0 Å². The number of aliphatic hydroxyl groups is 1. The number of nitrogens with zero attached hydrogens (tertiary/aromatic N) is 2. The van der Waals surface area contributed by atoms with Crippen LogP contribution in [0.15, 0.2) is 4.99 Å². The molecular formula is C10H15F3N2O2S. The summed E-state index contributed by atoms with van der Waals surface area (Å²) in [6, 6.07) is -0.258. The predicted octanol–water partition coefficient (Wildman–Crippen LogP) is 1.45. The molecule has 0 aliphatic carbocycles. The molecule has 1 N–H and O–H groups in total. The first-order valence-electron chi connectivity index (χ1n) is 5.58. The average molecular weight is 284 g/mol. The lowest BCUT2D eigenvalue weighted by Gasteiger charge is -2.34. The van der Waals surface area contributed by atoms with Gasteiger partial charge in [-0.1, -0.05) is 11.8 Å². The molecule has 0 bridgehead atoms. The molecule has 2 rings (SSSR count). The maximum atomic E-state index is 12.3. The molecule has 18 heavy (non-hydrogen) atoms. The fourth-order valence-corrected chi connectivity index (χ4v) is 3.14. The van der Waals surface area contributed by atoms with Gasteiger partial charge in [0.25, 0.3) is 0 Å². The fourth-order valence-electron chi connectivity index (χ4n) is 1.99. The summed E-state index contributed by atoms with van der Waals surface area (Å²) in [5.74, 6) is 0. The number of amidine groups is 1. The van der Waals surface area contributed by atoms with Crippen LogP contribution in [0, 0.1) is 0 Å². The van der Waals surface area contributed by atoms with Crippen LogP contribution in [0.25, 0.3) is 0 Å². The summed E-state index contributed by atoms with van der Waals surface area (Å²) in [6.45, 7) is 0. The van der Waals surface area contributed by atoms with Gasteiger partial charge >= 0.3 is 6.18 Å². The molecule has 0 aromatic carbocycles. The molecule has 1 fully saturated rings. The predicted molar refractivity (Wildman–Crippen MR) is 62.5 cm³/mol. The van der Waals surface area contributed by atoms with E-state index in [9.17, 15) is 18.3 Å². The Bertz CT molecular complexity index is 349. The number of hydrogen-bond donors (Lipinski definition) is 1. The largest absolute Gasteiger partial charge is 0.391 e. The number of thioether (sulfide) groups is 1. The number of aliphatic hydroxyl groups excluding tert-OH is 1. The van der Waals surface area contributed by atoms with E-state index in [4.69, 9.17) is 4.74 Å². The molecule has 0 aromatic rings. The number of alkyl halides is 3. The molecule has 0 unspecified atom stereocenters. The van der Waals surface area contributed by atoms with E-state index in [0.29, 0.717) is 0 Å². The molecule has 0 aromatic heterocycles. The summed E-state index contributed by atoms with van der Waals surface area (Å²) in [5.41, 5.74) is -0.418. The number of hydrogen-bond acceptors (Lipinski definition) is 5. The Morgan fingerprint density at radius 3 is 2.72 bits per heavy atom. The van der Waals surface area contributed by atoms with E-state index in [0.717, 1.165) is 5.17 Å². The second-order valence-corrected chi connectivity index (χ2v) is 5.72. The zero-order valence-corrected chi connectivity index (χ0v) is 10.8. The highest BCUT2D eigenvalue weighted by Gasteiger charge is 2.45. The summed E-state index contributed by atoms with van der Waals surface area (Å²) < 4.78 is 42.3. The van der Waals surface area contributed by atoms with Gasteiger partial charge in [-0.2, -0.15) is 13.2 Å². The van der Waals surface area contributed by atoms with Crippen molar-refractivity contribution < 1.29 is 23.0 Å². The third-order valence-corrected chi connectivity index (χ3v) is 4.19. The Morgan fingerprint density at radius 2 is 2.17 bits per heavy atom. The van der Waals surface area contributed by atoms with Crippen LogP contribution in [-0.2, 0) is 4.74 Å². The lowest BCUT2D eigenvalue weighted by molar-refractivity contribution is -0.189. The smallest absolute Gasteiger partial charge is 0.390 e. The van der Waals surface area contributed by atoms with Crippen LogP contribution in [0.5, 0.6) is 0 Å².